The summed E-state index contributed by atoms with van der Waals surface area (Å²) in [6, 6.07) is 7.51. The molecule has 0 aliphatic rings. The van der Waals surface area contributed by atoms with Gasteiger partial charge in [0.15, 0.2) is 5.13 Å². The van der Waals surface area contributed by atoms with Crippen molar-refractivity contribution in [3.8, 4) is 17.3 Å². The Balaban J connectivity index is 1.59. The Hall–Kier alpha value is -2.11. The van der Waals surface area contributed by atoms with E-state index in [1.807, 2.05) is 32.2 Å². The molecule has 1 aromatic carbocycles. The van der Waals surface area contributed by atoms with Crippen molar-refractivity contribution < 1.29 is 4.79 Å². The highest BCUT2D eigenvalue weighted by Gasteiger charge is 2.14. The standard InChI is InChI=1S/C21H18Cl2N4OS2/c1-11-12(2)15(9-24)20(25-13(11)3)29-7-6-19(28)27-21-26-18(10-30-21)14-4-5-16(22)17(23)8-14/h4-5,8,10H,6-7H2,1-3H3,(H,26,27,28). The second-order valence-electron chi connectivity index (χ2n) is 6.55. The minimum atomic E-state index is -0.142. The molecule has 3 rings (SSSR count). The Morgan fingerprint density at radius 1 is 1.20 bits per heavy atom. The predicted octanol–water partition coefficient (Wildman–Crippen LogP) is 6.43. The van der Waals surface area contributed by atoms with E-state index < -0.39 is 0 Å². The van der Waals surface area contributed by atoms with Crippen LogP contribution in [0.3, 0.4) is 0 Å². The van der Waals surface area contributed by atoms with Crippen molar-refractivity contribution in [2.75, 3.05) is 11.1 Å². The summed E-state index contributed by atoms with van der Waals surface area (Å²) in [6.45, 7) is 5.81. The molecule has 0 unspecified atom stereocenters. The number of aryl methyl sites for hydroxylation is 1. The Morgan fingerprint density at radius 2 is 1.97 bits per heavy atom. The summed E-state index contributed by atoms with van der Waals surface area (Å²) in [4.78, 5) is 21.3. The molecule has 30 heavy (non-hydrogen) atoms. The molecule has 2 heterocycles. The Morgan fingerprint density at radius 3 is 2.67 bits per heavy atom. The van der Waals surface area contributed by atoms with Gasteiger partial charge in [-0.1, -0.05) is 29.3 Å². The molecular weight excluding hydrogens is 459 g/mol. The maximum absolute atomic E-state index is 12.3. The van der Waals surface area contributed by atoms with Gasteiger partial charge in [-0.3, -0.25) is 4.79 Å². The van der Waals surface area contributed by atoms with E-state index in [1.165, 1.54) is 23.1 Å². The van der Waals surface area contributed by atoms with Crippen molar-refractivity contribution in [1.29, 1.82) is 5.26 Å². The number of rotatable bonds is 6. The number of nitrogens with one attached hydrogen (secondary N) is 1. The van der Waals surface area contributed by atoms with Gasteiger partial charge in [-0.2, -0.15) is 5.26 Å². The SMILES string of the molecule is Cc1nc(SCCC(=O)Nc2nc(-c3ccc(Cl)c(Cl)c3)cs2)c(C#N)c(C)c1C. The number of aromatic nitrogens is 2. The molecular formula is C21H18Cl2N4OS2. The molecule has 0 aliphatic heterocycles. The van der Waals surface area contributed by atoms with Gasteiger partial charge in [-0.25, -0.2) is 9.97 Å². The van der Waals surface area contributed by atoms with Crippen LogP contribution in [-0.4, -0.2) is 21.6 Å². The van der Waals surface area contributed by atoms with Gasteiger partial charge in [0.2, 0.25) is 5.91 Å². The van der Waals surface area contributed by atoms with Gasteiger partial charge in [0.05, 0.1) is 21.3 Å². The largest absolute Gasteiger partial charge is 0.302 e. The van der Waals surface area contributed by atoms with Gasteiger partial charge in [-0.05, 0) is 44.0 Å². The van der Waals surface area contributed by atoms with E-state index in [9.17, 15) is 10.1 Å². The monoisotopic (exact) mass is 476 g/mol. The Labute approximate surface area is 193 Å². The summed E-state index contributed by atoms with van der Waals surface area (Å²) in [5, 5.41) is 16.2. The lowest BCUT2D eigenvalue weighted by Crippen LogP contribution is -2.12. The molecule has 0 fully saturated rings. The number of hydrogen-bond donors (Lipinski definition) is 1. The predicted molar refractivity (Wildman–Crippen MR) is 125 cm³/mol. The molecule has 3 aromatic rings. The number of amides is 1. The first-order valence-corrected chi connectivity index (χ1v) is 11.6. The molecule has 0 bridgehead atoms. The van der Waals surface area contributed by atoms with Gasteiger partial charge in [0.25, 0.3) is 0 Å². The van der Waals surface area contributed by atoms with E-state index in [2.05, 4.69) is 21.4 Å². The third-order valence-corrected chi connectivity index (χ3v) is 7.08. The lowest BCUT2D eigenvalue weighted by Gasteiger charge is -2.10. The van der Waals surface area contributed by atoms with Crippen LogP contribution in [0.15, 0.2) is 28.6 Å². The smallest absolute Gasteiger partial charge is 0.226 e. The second kappa shape index (κ2) is 9.80. The first-order valence-electron chi connectivity index (χ1n) is 9.01. The van der Waals surface area contributed by atoms with Crippen molar-refractivity contribution >= 4 is 57.3 Å². The zero-order valence-electron chi connectivity index (χ0n) is 16.5. The molecule has 0 spiro atoms. The number of benzene rings is 1. The molecule has 0 atom stereocenters. The summed E-state index contributed by atoms with van der Waals surface area (Å²) in [6.07, 6.45) is 0.283. The van der Waals surface area contributed by atoms with Gasteiger partial charge >= 0.3 is 0 Å². The molecule has 0 radical (unpaired) electrons. The van der Waals surface area contributed by atoms with Crippen LogP contribution >= 0.6 is 46.3 Å². The molecule has 9 heteroatoms. The van der Waals surface area contributed by atoms with Crippen molar-refractivity contribution in [3.63, 3.8) is 0 Å². The van der Waals surface area contributed by atoms with Gasteiger partial charge in [-0.15, -0.1) is 23.1 Å². The fourth-order valence-corrected chi connectivity index (χ4v) is 4.75. The number of hydrogen-bond acceptors (Lipinski definition) is 6. The lowest BCUT2D eigenvalue weighted by atomic mass is 10.1. The maximum Gasteiger partial charge on any atom is 0.226 e. The Kier molecular flexibility index (Phi) is 7.37. The third-order valence-electron chi connectivity index (χ3n) is 4.61. The van der Waals surface area contributed by atoms with Gasteiger partial charge in [0.1, 0.15) is 11.1 Å². The maximum atomic E-state index is 12.3. The van der Waals surface area contributed by atoms with Crippen LogP contribution in [0.25, 0.3) is 11.3 Å². The van der Waals surface area contributed by atoms with Crippen LogP contribution in [-0.2, 0) is 4.79 Å². The van der Waals surface area contributed by atoms with Gasteiger partial charge < -0.3 is 5.32 Å². The molecule has 1 N–H and O–H groups in total. The van der Waals surface area contributed by atoms with Crippen LogP contribution in [0, 0.1) is 32.1 Å². The highest BCUT2D eigenvalue weighted by molar-refractivity contribution is 7.99. The highest BCUT2D eigenvalue weighted by Crippen LogP contribution is 2.31. The zero-order valence-corrected chi connectivity index (χ0v) is 19.7. The molecule has 0 saturated carbocycles. The van der Waals surface area contributed by atoms with Crippen LogP contribution in [0.2, 0.25) is 10.0 Å². The van der Waals surface area contributed by atoms with E-state index in [0.29, 0.717) is 31.5 Å². The summed E-state index contributed by atoms with van der Waals surface area (Å²) >= 11 is 14.8. The lowest BCUT2D eigenvalue weighted by molar-refractivity contribution is -0.115. The molecule has 1 amide bonds. The number of thioether (sulfide) groups is 1. The number of carbonyl (C=O) groups is 1. The van der Waals surface area contributed by atoms with Crippen LogP contribution < -0.4 is 5.32 Å². The highest BCUT2D eigenvalue weighted by atomic mass is 35.5. The number of halogens is 2. The van der Waals surface area contributed by atoms with E-state index in [4.69, 9.17) is 23.2 Å². The van der Waals surface area contributed by atoms with E-state index >= 15 is 0 Å². The quantitative estimate of drug-likeness (QED) is 0.414. The molecule has 0 aliphatic carbocycles. The summed E-state index contributed by atoms with van der Waals surface area (Å²) in [7, 11) is 0. The number of nitrogens with zero attached hydrogens (tertiary/aromatic N) is 3. The summed E-state index contributed by atoms with van der Waals surface area (Å²) in [5.74, 6) is 0.372. The minimum absolute atomic E-state index is 0.142. The fraction of sp³-hybridized carbons (Fsp3) is 0.238. The number of anilines is 1. The van der Waals surface area contributed by atoms with Crippen LogP contribution in [0.5, 0.6) is 0 Å². The minimum Gasteiger partial charge on any atom is -0.302 e. The molecule has 154 valence electrons. The first kappa shape index (κ1) is 22.6. The average molecular weight is 477 g/mol. The van der Waals surface area contributed by atoms with E-state index in [1.54, 1.807) is 12.1 Å². The van der Waals surface area contributed by atoms with Crippen molar-refractivity contribution in [3.05, 3.63) is 56.0 Å². The normalized spacial score (nSPS) is 10.7. The van der Waals surface area contributed by atoms with E-state index in [-0.39, 0.29) is 12.3 Å². The van der Waals surface area contributed by atoms with Crippen molar-refractivity contribution in [2.45, 2.75) is 32.2 Å². The number of carbonyl (C=O) groups excluding carboxylic acids is 1. The molecule has 5 nitrogen and oxygen atoms in total. The van der Waals surface area contributed by atoms with Crippen molar-refractivity contribution in [2.24, 2.45) is 0 Å². The summed E-state index contributed by atoms with van der Waals surface area (Å²) < 4.78 is 0. The van der Waals surface area contributed by atoms with Gasteiger partial charge in [0, 0.05) is 28.8 Å². The summed E-state index contributed by atoms with van der Waals surface area (Å²) in [5.41, 5.74) is 4.99. The van der Waals surface area contributed by atoms with Crippen molar-refractivity contribution in [1.82, 2.24) is 9.97 Å². The number of thiazole rings is 1. The zero-order chi connectivity index (χ0) is 21.8. The number of pyridine rings is 1. The fourth-order valence-electron chi connectivity index (χ4n) is 2.69. The second-order valence-corrected chi connectivity index (χ2v) is 9.31. The molecule has 0 saturated heterocycles. The third kappa shape index (κ3) is 5.13. The molecule has 2 aromatic heterocycles. The van der Waals surface area contributed by atoms with E-state index in [0.717, 1.165) is 28.1 Å². The van der Waals surface area contributed by atoms with Crippen LogP contribution in [0.1, 0.15) is 28.8 Å². The topological polar surface area (TPSA) is 78.7 Å². The Bertz CT molecular complexity index is 1150. The average Bonchev–Trinajstić information content (AvgIpc) is 3.17. The number of nitriles is 1. The first-order chi connectivity index (χ1) is 14.3. The van der Waals surface area contributed by atoms with Crippen LogP contribution in [0.4, 0.5) is 5.13 Å².